The van der Waals surface area contributed by atoms with Crippen molar-refractivity contribution in [3.05, 3.63) is 152 Å². The Morgan fingerprint density at radius 3 is 1.73 bits per heavy atom. The molecule has 0 fully saturated rings. The van der Waals surface area contributed by atoms with Gasteiger partial charge in [-0.3, -0.25) is 0 Å². The lowest BCUT2D eigenvalue weighted by Crippen LogP contribution is -2.00. The highest BCUT2D eigenvalue weighted by Gasteiger charge is 2.19. The molecule has 0 aliphatic rings. The van der Waals surface area contributed by atoms with Crippen molar-refractivity contribution < 1.29 is 4.42 Å². The summed E-state index contributed by atoms with van der Waals surface area (Å²) in [5.74, 6) is 1.81. The highest BCUT2D eigenvalue weighted by Crippen LogP contribution is 2.38. The molecule has 7 aromatic carbocycles. The number of hydrogen-bond acceptors (Lipinski definition) is 4. The standard InChI is InChI=1S/C41H25N3O/c1-2-10-26(11-3-1)27-20-22-29(23-21-27)39-42-40(34-18-8-15-28-12-6-7-16-32(28)34)44-41(43-39)35-19-9-17-33-36-24-30-13-4-5-14-31(30)25-37(36)45-38(33)35/h1-25H. The summed E-state index contributed by atoms with van der Waals surface area (Å²) in [7, 11) is 0. The van der Waals surface area contributed by atoms with Crippen LogP contribution in [0.4, 0.5) is 0 Å². The van der Waals surface area contributed by atoms with E-state index in [9.17, 15) is 0 Å². The predicted octanol–water partition coefficient (Wildman–Crippen LogP) is 10.7. The Hall–Kier alpha value is -6.13. The minimum absolute atomic E-state index is 0.573. The van der Waals surface area contributed by atoms with E-state index < -0.39 is 0 Å². The third-order valence-electron chi connectivity index (χ3n) is 8.52. The zero-order valence-corrected chi connectivity index (χ0v) is 24.2. The molecule has 210 valence electrons. The van der Waals surface area contributed by atoms with Gasteiger partial charge in [0, 0.05) is 21.9 Å². The lowest BCUT2D eigenvalue weighted by atomic mass is 10.0. The maximum Gasteiger partial charge on any atom is 0.167 e. The second-order valence-corrected chi connectivity index (χ2v) is 11.3. The van der Waals surface area contributed by atoms with Gasteiger partial charge in [-0.25, -0.2) is 15.0 Å². The molecule has 45 heavy (non-hydrogen) atoms. The van der Waals surface area contributed by atoms with Gasteiger partial charge in [-0.2, -0.15) is 0 Å². The zero-order chi connectivity index (χ0) is 29.7. The quantitative estimate of drug-likeness (QED) is 0.209. The van der Waals surface area contributed by atoms with Gasteiger partial charge >= 0.3 is 0 Å². The Morgan fingerprint density at radius 2 is 0.911 bits per heavy atom. The molecule has 0 unspecified atom stereocenters. The second kappa shape index (κ2) is 10.2. The smallest absolute Gasteiger partial charge is 0.167 e. The van der Waals surface area contributed by atoms with Crippen LogP contribution in [0.5, 0.6) is 0 Å². The molecule has 0 saturated heterocycles. The Labute approximate surface area is 259 Å². The van der Waals surface area contributed by atoms with E-state index in [4.69, 9.17) is 19.4 Å². The highest BCUT2D eigenvalue weighted by atomic mass is 16.3. The molecule has 9 rings (SSSR count). The number of rotatable bonds is 4. The predicted molar refractivity (Wildman–Crippen MR) is 184 cm³/mol. The van der Waals surface area contributed by atoms with Crippen molar-refractivity contribution in [1.82, 2.24) is 15.0 Å². The SMILES string of the molecule is c1ccc(-c2ccc(-c3nc(-c4cccc5ccccc45)nc(-c4cccc5c4oc4cc6ccccc6cc45)n3)cc2)cc1. The normalized spacial score (nSPS) is 11.6. The fraction of sp³-hybridized carbons (Fsp3) is 0. The molecule has 0 bridgehead atoms. The summed E-state index contributed by atoms with van der Waals surface area (Å²) in [5, 5.41) is 6.66. The molecular weight excluding hydrogens is 550 g/mol. The van der Waals surface area contributed by atoms with Crippen LogP contribution in [0.15, 0.2) is 156 Å². The Morgan fingerprint density at radius 1 is 0.356 bits per heavy atom. The fourth-order valence-electron chi connectivity index (χ4n) is 6.27. The lowest BCUT2D eigenvalue weighted by Gasteiger charge is -2.11. The largest absolute Gasteiger partial charge is 0.455 e. The molecular formula is C41H25N3O. The van der Waals surface area contributed by atoms with Crippen LogP contribution in [0, 0.1) is 0 Å². The van der Waals surface area contributed by atoms with Gasteiger partial charge in [0.05, 0.1) is 5.56 Å². The Kier molecular flexibility index (Phi) is 5.78. The number of fused-ring (bicyclic) bond motifs is 5. The molecule has 0 atom stereocenters. The number of hydrogen-bond donors (Lipinski definition) is 0. The molecule has 4 heteroatoms. The summed E-state index contributed by atoms with van der Waals surface area (Å²) < 4.78 is 6.57. The van der Waals surface area contributed by atoms with Gasteiger partial charge in [0.25, 0.3) is 0 Å². The lowest BCUT2D eigenvalue weighted by molar-refractivity contribution is 0.670. The van der Waals surface area contributed by atoms with Crippen LogP contribution in [0.3, 0.4) is 0 Å². The molecule has 0 saturated carbocycles. The van der Waals surface area contributed by atoms with Crippen LogP contribution in [-0.4, -0.2) is 15.0 Å². The summed E-state index contributed by atoms with van der Waals surface area (Å²) in [6.45, 7) is 0. The molecule has 0 aliphatic carbocycles. The number of aromatic nitrogens is 3. The molecule has 0 aliphatic heterocycles. The van der Waals surface area contributed by atoms with Gasteiger partial charge in [0.2, 0.25) is 0 Å². The van der Waals surface area contributed by atoms with Crippen molar-refractivity contribution in [2.45, 2.75) is 0 Å². The summed E-state index contributed by atoms with van der Waals surface area (Å²) in [6, 6.07) is 52.3. The van der Waals surface area contributed by atoms with E-state index in [0.29, 0.717) is 17.5 Å². The van der Waals surface area contributed by atoms with Crippen molar-refractivity contribution in [2.24, 2.45) is 0 Å². The molecule has 2 heterocycles. The first-order valence-electron chi connectivity index (χ1n) is 15.0. The first-order chi connectivity index (χ1) is 22.3. The van der Waals surface area contributed by atoms with Crippen molar-refractivity contribution in [2.75, 3.05) is 0 Å². The first kappa shape index (κ1) is 25.4. The molecule has 0 N–H and O–H groups in total. The van der Waals surface area contributed by atoms with E-state index in [0.717, 1.165) is 60.4 Å². The molecule has 2 aromatic heterocycles. The summed E-state index contributed by atoms with van der Waals surface area (Å²) in [4.78, 5) is 15.2. The summed E-state index contributed by atoms with van der Waals surface area (Å²) >= 11 is 0. The number of nitrogens with zero attached hydrogens (tertiary/aromatic N) is 3. The first-order valence-corrected chi connectivity index (χ1v) is 15.0. The van der Waals surface area contributed by atoms with Crippen LogP contribution in [-0.2, 0) is 0 Å². The van der Waals surface area contributed by atoms with Crippen LogP contribution in [0.25, 0.3) is 88.8 Å². The Bertz CT molecular complexity index is 2530. The van der Waals surface area contributed by atoms with Gasteiger partial charge in [0.1, 0.15) is 11.2 Å². The third kappa shape index (κ3) is 4.35. The zero-order valence-electron chi connectivity index (χ0n) is 24.2. The van der Waals surface area contributed by atoms with Crippen LogP contribution in [0.1, 0.15) is 0 Å². The maximum atomic E-state index is 6.57. The van der Waals surface area contributed by atoms with Crippen molar-refractivity contribution in [3.63, 3.8) is 0 Å². The molecule has 4 nitrogen and oxygen atoms in total. The minimum Gasteiger partial charge on any atom is -0.455 e. The van der Waals surface area contributed by atoms with Gasteiger partial charge < -0.3 is 4.42 Å². The van der Waals surface area contributed by atoms with E-state index in [1.807, 2.05) is 12.1 Å². The van der Waals surface area contributed by atoms with E-state index in [1.165, 1.54) is 10.9 Å². The van der Waals surface area contributed by atoms with Crippen molar-refractivity contribution in [3.8, 4) is 45.3 Å². The Balaban J connectivity index is 1.27. The number of para-hydroxylation sites is 1. The number of benzene rings is 7. The van der Waals surface area contributed by atoms with Gasteiger partial charge in [-0.05, 0) is 50.9 Å². The summed E-state index contributed by atoms with van der Waals surface area (Å²) in [6.07, 6.45) is 0. The van der Waals surface area contributed by atoms with Gasteiger partial charge in [0.15, 0.2) is 17.5 Å². The van der Waals surface area contributed by atoms with Crippen molar-refractivity contribution >= 4 is 43.5 Å². The maximum absolute atomic E-state index is 6.57. The van der Waals surface area contributed by atoms with E-state index in [1.54, 1.807) is 0 Å². The molecule has 9 aromatic rings. The highest BCUT2D eigenvalue weighted by molar-refractivity contribution is 6.13. The summed E-state index contributed by atoms with van der Waals surface area (Å²) in [5.41, 5.74) is 6.63. The van der Waals surface area contributed by atoms with Crippen LogP contribution < -0.4 is 0 Å². The van der Waals surface area contributed by atoms with Crippen molar-refractivity contribution in [1.29, 1.82) is 0 Å². The van der Waals surface area contributed by atoms with Gasteiger partial charge in [-0.15, -0.1) is 0 Å². The molecule has 0 spiro atoms. The van der Waals surface area contributed by atoms with Crippen LogP contribution >= 0.6 is 0 Å². The monoisotopic (exact) mass is 575 g/mol. The van der Waals surface area contributed by atoms with Crippen LogP contribution in [0.2, 0.25) is 0 Å². The van der Waals surface area contributed by atoms with E-state index >= 15 is 0 Å². The topological polar surface area (TPSA) is 51.8 Å². The molecule has 0 amide bonds. The average molecular weight is 576 g/mol. The third-order valence-corrected chi connectivity index (χ3v) is 8.52. The fourth-order valence-corrected chi connectivity index (χ4v) is 6.27. The molecule has 0 radical (unpaired) electrons. The van der Waals surface area contributed by atoms with E-state index in [-0.39, 0.29) is 0 Å². The number of furan rings is 1. The van der Waals surface area contributed by atoms with Gasteiger partial charge in [-0.1, -0.05) is 133 Å². The second-order valence-electron chi connectivity index (χ2n) is 11.3. The average Bonchev–Trinajstić information content (AvgIpc) is 3.48. The van der Waals surface area contributed by atoms with E-state index in [2.05, 4.69) is 140 Å². The minimum atomic E-state index is 0.573.